The standard InChI is InChI=1S/C13H28N2O.ClH/c1-2-3-4-5-6-7-8-9-10-11-12-15-13(14)16;/h2-12H2,1H3,(H3,14,15,16);1H. The SMILES string of the molecule is CCCCCCCCCCCCNC(N)=O.Cl. The number of unbranched alkanes of at least 4 members (excludes halogenated alkanes) is 9. The second-order valence-electron chi connectivity index (χ2n) is 4.47. The first kappa shape index (κ1) is 18.9. The van der Waals surface area contributed by atoms with Gasteiger partial charge in [-0.3, -0.25) is 0 Å². The van der Waals surface area contributed by atoms with E-state index in [1.54, 1.807) is 0 Å². The van der Waals surface area contributed by atoms with E-state index < -0.39 is 6.03 Å². The summed E-state index contributed by atoms with van der Waals surface area (Å²) < 4.78 is 0. The van der Waals surface area contributed by atoms with E-state index in [0.29, 0.717) is 0 Å². The van der Waals surface area contributed by atoms with Gasteiger partial charge in [-0.25, -0.2) is 4.79 Å². The Morgan fingerprint density at radius 3 is 1.71 bits per heavy atom. The van der Waals surface area contributed by atoms with E-state index in [-0.39, 0.29) is 12.4 Å². The van der Waals surface area contributed by atoms with Crippen LogP contribution in [0.1, 0.15) is 71.1 Å². The lowest BCUT2D eigenvalue weighted by Crippen LogP contribution is -2.29. The van der Waals surface area contributed by atoms with E-state index in [1.807, 2.05) is 0 Å². The second-order valence-corrected chi connectivity index (χ2v) is 4.47. The van der Waals surface area contributed by atoms with Crippen molar-refractivity contribution in [3.05, 3.63) is 0 Å². The second kappa shape index (κ2) is 15.6. The first-order valence-electron chi connectivity index (χ1n) is 6.80. The monoisotopic (exact) mass is 264 g/mol. The van der Waals surface area contributed by atoms with Crippen LogP contribution in [0.25, 0.3) is 0 Å². The molecule has 0 aromatic carbocycles. The smallest absolute Gasteiger partial charge is 0.312 e. The highest BCUT2D eigenvalue weighted by Gasteiger charge is 1.93. The first-order valence-corrected chi connectivity index (χ1v) is 6.80. The summed E-state index contributed by atoms with van der Waals surface area (Å²) in [7, 11) is 0. The molecule has 17 heavy (non-hydrogen) atoms. The number of amides is 2. The Kier molecular flexibility index (Phi) is 17.3. The normalized spacial score (nSPS) is 9.71. The van der Waals surface area contributed by atoms with Crippen LogP contribution in [0.5, 0.6) is 0 Å². The molecule has 3 nitrogen and oxygen atoms in total. The van der Waals surface area contributed by atoms with Gasteiger partial charge in [-0.1, -0.05) is 64.7 Å². The van der Waals surface area contributed by atoms with Crippen molar-refractivity contribution in [2.45, 2.75) is 71.1 Å². The Hall–Kier alpha value is -0.440. The minimum absolute atomic E-state index is 0. The molecule has 0 aromatic rings. The van der Waals surface area contributed by atoms with Crippen LogP contribution in [0.15, 0.2) is 0 Å². The fourth-order valence-corrected chi connectivity index (χ4v) is 1.82. The van der Waals surface area contributed by atoms with Crippen LogP contribution < -0.4 is 11.1 Å². The van der Waals surface area contributed by atoms with Crippen LogP contribution in [0.3, 0.4) is 0 Å². The van der Waals surface area contributed by atoms with Crippen LogP contribution in [-0.4, -0.2) is 12.6 Å². The Morgan fingerprint density at radius 1 is 0.882 bits per heavy atom. The van der Waals surface area contributed by atoms with Gasteiger partial charge in [0.15, 0.2) is 0 Å². The van der Waals surface area contributed by atoms with Gasteiger partial charge in [0.2, 0.25) is 0 Å². The van der Waals surface area contributed by atoms with Gasteiger partial charge in [-0.05, 0) is 6.42 Å². The van der Waals surface area contributed by atoms with Crippen LogP contribution in [0, 0.1) is 0 Å². The molecule has 3 N–H and O–H groups in total. The molecule has 0 bridgehead atoms. The molecule has 4 heteroatoms. The Morgan fingerprint density at radius 2 is 1.29 bits per heavy atom. The fraction of sp³-hybridized carbons (Fsp3) is 0.923. The highest BCUT2D eigenvalue weighted by molar-refractivity contribution is 5.85. The number of carbonyl (C=O) groups excluding carboxylic acids is 1. The van der Waals surface area contributed by atoms with E-state index >= 15 is 0 Å². The van der Waals surface area contributed by atoms with E-state index in [9.17, 15) is 4.79 Å². The van der Waals surface area contributed by atoms with Gasteiger partial charge < -0.3 is 11.1 Å². The summed E-state index contributed by atoms with van der Waals surface area (Å²) >= 11 is 0. The van der Waals surface area contributed by atoms with Crippen molar-refractivity contribution in [3.8, 4) is 0 Å². The van der Waals surface area contributed by atoms with E-state index in [2.05, 4.69) is 12.2 Å². The summed E-state index contributed by atoms with van der Waals surface area (Å²) in [5, 5.41) is 2.61. The molecule has 0 atom stereocenters. The third-order valence-corrected chi connectivity index (χ3v) is 2.83. The summed E-state index contributed by atoms with van der Waals surface area (Å²) in [5.41, 5.74) is 4.96. The molecule has 0 radical (unpaired) electrons. The zero-order valence-electron chi connectivity index (χ0n) is 11.2. The van der Waals surface area contributed by atoms with E-state index in [4.69, 9.17) is 5.73 Å². The molecule has 0 fully saturated rings. The van der Waals surface area contributed by atoms with Crippen molar-refractivity contribution in [1.82, 2.24) is 5.32 Å². The largest absolute Gasteiger partial charge is 0.352 e. The summed E-state index contributed by atoms with van der Waals surface area (Å²) in [6.07, 6.45) is 13.2. The predicted molar refractivity (Wildman–Crippen MR) is 76.7 cm³/mol. The maximum Gasteiger partial charge on any atom is 0.312 e. The Bertz CT molecular complexity index is 165. The maximum atomic E-state index is 10.4. The van der Waals surface area contributed by atoms with Crippen LogP contribution in [-0.2, 0) is 0 Å². The summed E-state index contributed by atoms with van der Waals surface area (Å²) in [4.78, 5) is 10.4. The molecule has 104 valence electrons. The number of hydrogen-bond donors (Lipinski definition) is 2. The summed E-state index contributed by atoms with van der Waals surface area (Å²) in [6.45, 7) is 2.98. The molecule has 0 saturated carbocycles. The van der Waals surface area contributed by atoms with Crippen molar-refractivity contribution in [2.75, 3.05) is 6.54 Å². The predicted octanol–water partition coefficient (Wildman–Crippen LogP) is 4.00. The maximum absolute atomic E-state index is 10.4. The zero-order valence-corrected chi connectivity index (χ0v) is 12.0. The minimum Gasteiger partial charge on any atom is -0.352 e. The molecule has 0 unspecified atom stereocenters. The van der Waals surface area contributed by atoms with Crippen LogP contribution >= 0.6 is 12.4 Å². The molecule has 0 aliphatic heterocycles. The third kappa shape index (κ3) is 18.1. The Labute approximate surface area is 112 Å². The molecule has 0 aromatic heterocycles. The van der Waals surface area contributed by atoms with Crippen molar-refractivity contribution in [3.63, 3.8) is 0 Å². The highest BCUT2D eigenvalue weighted by atomic mass is 35.5. The number of urea groups is 1. The van der Waals surface area contributed by atoms with Crippen LogP contribution in [0.4, 0.5) is 4.79 Å². The lowest BCUT2D eigenvalue weighted by molar-refractivity contribution is 0.248. The zero-order chi connectivity index (χ0) is 12.1. The average Bonchev–Trinajstić information content (AvgIpc) is 2.25. The van der Waals surface area contributed by atoms with Crippen molar-refractivity contribution < 1.29 is 4.79 Å². The van der Waals surface area contributed by atoms with Gasteiger partial charge in [-0.15, -0.1) is 12.4 Å². The minimum atomic E-state index is -0.407. The molecular weight excluding hydrogens is 236 g/mol. The van der Waals surface area contributed by atoms with E-state index in [0.717, 1.165) is 13.0 Å². The molecule has 2 amide bonds. The van der Waals surface area contributed by atoms with Gasteiger partial charge in [0, 0.05) is 6.54 Å². The van der Waals surface area contributed by atoms with Gasteiger partial charge in [-0.2, -0.15) is 0 Å². The lowest BCUT2D eigenvalue weighted by Gasteiger charge is -2.02. The van der Waals surface area contributed by atoms with Crippen molar-refractivity contribution in [1.29, 1.82) is 0 Å². The van der Waals surface area contributed by atoms with Crippen molar-refractivity contribution >= 4 is 18.4 Å². The van der Waals surface area contributed by atoms with Gasteiger partial charge in [0.1, 0.15) is 0 Å². The van der Waals surface area contributed by atoms with Gasteiger partial charge >= 0.3 is 6.03 Å². The number of halogens is 1. The third-order valence-electron chi connectivity index (χ3n) is 2.83. The fourth-order valence-electron chi connectivity index (χ4n) is 1.82. The molecule has 0 aliphatic carbocycles. The topological polar surface area (TPSA) is 55.1 Å². The first-order chi connectivity index (χ1) is 7.77. The summed E-state index contributed by atoms with van der Waals surface area (Å²) in [5.74, 6) is 0. The quantitative estimate of drug-likeness (QED) is 0.545. The molecule has 0 spiro atoms. The molecular formula is C13H29ClN2O. The average molecular weight is 265 g/mol. The van der Waals surface area contributed by atoms with Crippen molar-refractivity contribution in [2.24, 2.45) is 5.73 Å². The molecule has 0 aliphatic rings. The lowest BCUT2D eigenvalue weighted by atomic mass is 10.1. The Balaban J connectivity index is 0. The number of hydrogen-bond acceptors (Lipinski definition) is 1. The number of rotatable bonds is 11. The van der Waals surface area contributed by atoms with Gasteiger partial charge in [0.05, 0.1) is 0 Å². The molecule has 0 heterocycles. The number of primary amides is 1. The van der Waals surface area contributed by atoms with E-state index in [1.165, 1.54) is 57.8 Å². The number of nitrogens with one attached hydrogen (secondary N) is 1. The van der Waals surface area contributed by atoms with Crippen LogP contribution in [0.2, 0.25) is 0 Å². The highest BCUT2D eigenvalue weighted by Crippen LogP contribution is 2.10. The molecule has 0 saturated heterocycles. The number of nitrogens with two attached hydrogens (primary N) is 1. The molecule has 0 rings (SSSR count). The number of carbonyl (C=O) groups is 1. The van der Waals surface area contributed by atoms with Gasteiger partial charge in [0.25, 0.3) is 0 Å². The summed E-state index contributed by atoms with van der Waals surface area (Å²) in [6, 6.07) is -0.407.